The lowest BCUT2D eigenvalue weighted by Gasteiger charge is -2.40. The Balaban J connectivity index is 2.68. The van der Waals surface area contributed by atoms with Crippen molar-refractivity contribution in [3.8, 4) is 0 Å². The fourth-order valence-electron chi connectivity index (χ4n) is 2.29. The van der Waals surface area contributed by atoms with E-state index in [0.717, 1.165) is 19.6 Å². The fourth-order valence-corrected chi connectivity index (χ4v) is 2.29. The van der Waals surface area contributed by atoms with Gasteiger partial charge in [0.2, 0.25) is 0 Å². The van der Waals surface area contributed by atoms with Crippen LogP contribution in [-0.2, 0) is 4.74 Å². The van der Waals surface area contributed by atoms with E-state index in [1.165, 1.54) is 24.8 Å². The molecule has 1 N–H and O–H groups in total. The molecule has 1 aliphatic heterocycles. The van der Waals surface area contributed by atoms with E-state index in [4.69, 9.17) is 4.74 Å². The fraction of sp³-hybridized carbons (Fsp3) is 0.857. The lowest BCUT2D eigenvalue weighted by Crippen LogP contribution is -2.51. The molecule has 2 nitrogen and oxygen atoms in total. The van der Waals surface area contributed by atoms with Gasteiger partial charge in [0, 0.05) is 6.61 Å². The van der Waals surface area contributed by atoms with Gasteiger partial charge in [-0.2, -0.15) is 0 Å². The minimum absolute atomic E-state index is 0.00924. The van der Waals surface area contributed by atoms with Crippen molar-refractivity contribution in [2.75, 3.05) is 13.2 Å². The van der Waals surface area contributed by atoms with Crippen LogP contribution in [0.2, 0.25) is 0 Å². The predicted molar refractivity (Wildman–Crippen MR) is 69.7 cm³/mol. The van der Waals surface area contributed by atoms with Gasteiger partial charge in [0.15, 0.2) is 0 Å². The lowest BCUT2D eigenvalue weighted by atomic mass is 9.87. The largest absolute Gasteiger partial charge is 0.373 e. The zero-order valence-corrected chi connectivity index (χ0v) is 11.3. The highest BCUT2D eigenvalue weighted by molar-refractivity contribution is 5.09. The average Bonchev–Trinajstić information content (AvgIpc) is 2.24. The third-order valence-corrected chi connectivity index (χ3v) is 3.27. The molecule has 1 fully saturated rings. The Bertz CT molecular complexity index is 225. The van der Waals surface area contributed by atoms with E-state index in [2.05, 4.69) is 39.1 Å². The van der Waals surface area contributed by atoms with Crippen molar-refractivity contribution in [2.24, 2.45) is 0 Å². The molecule has 1 heterocycles. The van der Waals surface area contributed by atoms with Gasteiger partial charge in [0.05, 0.1) is 11.6 Å². The maximum atomic E-state index is 6.02. The summed E-state index contributed by atoms with van der Waals surface area (Å²) >= 11 is 0. The average molecular weight is 225 g/mol. The van der Waals surface area contributed by atoms with Crippen molar-refractivity contribution >= 4 is 0 Å². The summed E-state index contributed by atoms with van der Waals surface area (Å²) < 4.78 is 6.02. The summed E-state index contributed by atoms with van der Waals surface area (Å²) in [5.41, 5.74) is 1.36. The highest BCUT2D eigenvalue weighted by atomic mass is 16.5. The third kappa shape index (κ3) is 3.91. The van der Waals surface area contributed by atoms with E-state index in [1.807, 2.05) is 0 Å². The molecule has 2 unspecified atom stereocenters. The Morgan fingerprint density at radius 1 is 1.44 bits per heavy atom. The van der Waals surface area contributed by atoms with Crippen LogP contribution in [0.4, 0.5) is 0 Å². The van der Waals surface area contributed by atoms with Crippen molar-refractivity contribution in [3.05, 3.63) is 11.6 Å². The second kappa shape index (κ2) is 6.41. The molecule has 0 saturated carbocycles. The predicted octanol–water partition coefficient (Wildman–Crippen LogP) is 3.28. The molecular formula is C14H27NO. The maximum Gasteiger partial charge on any atom is 0.0842 e. The number of hydrogen-bond donors (Lipinski definition) is 1. The zero-order chi connectivity index (χ0) is 12.0. The molecule has 94 valence electrons. The molecule has 2 atom stereocenters. The van der Waals surface area contributed by atoms with E-state index >= 15 is 0 Å². The van der Waals surface area contributed by atoms with Crippen LogP contribution in [-0.4, -0.2) is 24.8 Å². The van der Waals surface area contributed by atoms with Gasteiger partial charge in [-0.15, -0.1) is 0 Å². The Hall–Kier alpha value is -0.340. The summed E-state index contributed by atoms with van der Waals surface area (Å²) in [7, 11) is 0. The first kappa shape index (κ1) is 13.7. The Kier molecular flexibility index (Phi) is 5.50. The number of nitrogens with one attached hydrogen (secondary N) is 1. The van der Waals surface area contributed by atoms with Crippen molar-refractivity contribution in [1.29, 1.82) is 0 Å². The molecule has 0 aromatic heterocycles. The van der Waals surface area contributed by atoms with Crippen molar-refractivity contribution < 1.29 is 4.74 Å². The molecule has 1 aliphatic rings. The Morgan fingerprint density at radius 3 is 2.69 bits per heavy atom. The molecule has 1 rings (SSSR count). The van der Waals surface area contributed by atoms with Crippen molar-refractivity contribution in [3.63, 3.8) is 0 Å². The summed E-state index contributed by atoms with van der Waals surface area (Å²) in [6.45, 7) is 10.7. The van der Waals surface area contributed by atoms with Gasteiger partial charge in [-0.05, 0) is 53.0 Å². The lowest BCUT2D eigenvalue weighted by molar-refractivity contribution is -0.0788. The zero-order valence-electron chi connectivity index (χ0n) is 11.3. The van der Waals surface area contributed by atoms with Gasteiger partial charge in [-0.1, -0.05) is 18.6 Å². The summed E-state index contributed by atoms with van der Waals surface area (Å²) in [5.74, 6) is 0. The normalized spacial score (nSPS) is 27.5. The number of allylic oxidation sites excluding steroid dienone is 1. The second-order valence-corrected chi connectivity index (χ2v) is 5.29. The van der Waals surface area contributed by atoms with Crippen LogP contribution in [0, 0.1) is 0 Å². The molecule has 0 aromatic rings. The summed E-state index contributed by atoms with van der Waals surface area (Å²) in [6.07, 6.45) is 7.16. The minimum atomic E-state index is -0.00924. The van der Waals surface area contributed by atoms with Gasteiger partial charge in [-0.25, -0.2) is 0 Å². The molecule has 2 heteroatoms. The van der Waals surface area contributed by atoms with E-state index < -0.39 is 0 Å². The second-order valence-electron chi connectivity index (χ2n) is 5.29. The van der Waals surface area contributed by atoms with Crippen LogP contribution in [0.25, 0.3) is 0 Å². The van der Waals surface area contributed by atoms with Crippen molar-refractivity contribution in [1.82, 2.24) is 5.32 Å². The maximum absolute atomic E-state index is 6.02. The molecule has 16 heavy (non-hydrogen) atoms. The third-order valence-electron chi connectivity index (χ3n) is 3.27. The first-order chi connectivity index (χ1) is 7.58. The van der Waals surface area contributed by atoms with Gasteiger partial charge in [0.1, 0.15) is 0 Å². The monoisotopic (exact) mass is 225 g/mol. The van der Waals surface area contributed by atoms with Crippen LogP contribution < -0.4 is 5.32 Å². The standard InChI is InChI=1S/C14H27NO/c1-5-9-15-13(11-12(2)3)14(4)8-6-7-10-16-14/h11,13,15H,5-10H2,1-4H3. The van der Waals surface area contributed by atoms with E-state index in [9.17, 15) is 0 Å². The molecule has 0 aliphatic carbocycles. The van der Waals surface area contributed by atoms with Crippen LogP contribution in [0.5, 0.6) is 0 Å². The quantitative estimate of drug-likeness (QED) is 0.725. The topological polar surface area (TPSA) is 21.3 Å². The molecule has 0 radical (unpaired) electrons. The van der Waals surface area contributed by atoms with E-state index in [0.29, 0.717) is 6.04 Å². The van der Waals surface area contributed by atoms with E-state index in [-0.39, 0.29) is 5.60 Å². The SMILES string of the molecule is CCCNC(C=C(C)C)C1(C)CCCCO1. The number of hydrogen-bond acceptors (Lipinski definition) is 2. The summed E-state index contributed by atoms with van der Waals surface area (Å²) in [6, 6.07) is 0.359. The van der Waals surface area contributed by atoms with Crippen LogP contribution in [0.3, 0.4) is 0 Å². The Morgan fingerprint density at radius 2 is 2.19 bits per heavy atom. The van der Waals surface area contributed by atoms with Gasteiger partial charge in [0.25, 0.3) is 0 Å². The van der Waals surface area contributed by atoms with E-state index in [1.54, 1.807) is 0 Å². The smallest absolute Gasteiger partial charge is 0.0842 e. The first-order valence-electron chi connectivity index (χ1n) is 6.61. The molecule has 0 bridgehead atoms. The first-order valence-corrected chi connectivity index (χ1v) is 6.61. The van der Waals surface area contributed by atoms with Gasteiger partial charge in [-0.3, -0.25) is 0 Å². The van der Waals surface area contributed by atoms with Crippen LogP contribution in [0.1, 0.15) is 53.4 Å². The number of rotatable bonds is 5. The van der Waals surface area contributed by atoms with Gasteiger partial charge < -0.3 is 10.1 Å². The highest BCUT2D eigenvalue weighted by Crippen LogP contribution is 2.29. The summed E-state index contributed by atoms with van der Waals surface area (Å²) in [4.78, 5) is 0. The molecule has 0 spiro atoms. The number of ether oxygens (including phenoxy) is 1. The van der Waals surface area contributed by atoms with Crippen molar-refractivity contribution in [2.45, 2.75) is 65.0 Å². The van der Waals surface area contributed by atoms with Crippen LogP contribution >= 0.6 is 0 Å². The molecule has 1 saturated heterocycles. The minimum Gasteiger partial charge on any atom is -0.373 e. The summed E-state index contributed by atoms with van der Waals surface area (Å²) in [5, 5.41) is 3.61. The van der Waals surface area contributed by atoms with Crippen LogP contribution in [0.15, 0.2) is 11.6 Å². The Labute approximate surface area is 100 Å². The molecule has 0 aromatic carbocycles. The molecular weight excluding hydrogens is 198 g/mol. The highest BCUT2D eigenvalue weighted by Gasteiger charge is 2.35. The molecule has 0 amide bonds. The van der Waals surface area contributed by atoms with Gasteiger partial charge >= 0.3 is 0 Å².